The molecular weight excluding hydrogens is 1140 g/mol. The molecule has 2 aliphatic heterocycles. The van der Waals surface area contributed by atoms with E-state index in [1.807, 2.05) is 0 Å². The highest BCUT2D eigenvalue weighted by Crippen LogP contribution is 2.49. The molecule has 3 aromatic heterocycles. The number of anilines is 3. The fourth-order valence-corrected chi connectivity index (χ4v) is 15.3. The predicted octanol–water partition coefficient (Wildman–Crippen LogP) is 22.5. The average Bonchev–Trinajstić information content (AvgIpc) is 1.18. The first-order valence-corrected chi connectivity index (χ1v) is 34.3. The summed E-state index contributed by atoms with van der Waals surface area (Å²) in [5.41, 5.74) is 26.0. The van der Waals surface area contributed by atoms with Gasteiger partial charge in [0, 0.05) is 55.4 Å². The Balaban J connectivity index is 1.12. The van der Waals surface area contributed by atoms with Crippen molar-refractivity contribution in [1.82, 2.24) is 13.7 Å². The Bertz CT molecular complexity index is 4970. The van der Waals surface area contributed by atoms with E-state index in [1.165, 1.54) is 115 Å². The Labute approximate surface area is 558 Å². The largest absolute Gasteiger partial charge is 0.458 e. The van der Waals surface area contributed by atoms with Gasteiger partial charge in [-0.05, 0) is 184 Å². The average molecular weight is 1230 g/mol. The van der Waals surface area contributed by atoms with E-state index < -0.39 is 0 Å². The van der Waals surface area contributed by atoms with Crippen molar-refractivity contribution in [2.45, 2.75) is 183 Å². The van der Waals surface area contributed by atoms with Gasteiger partial charge in [0.2, 0.25) is 0 Å². The quantitative estimate of drug-likeness (QED) is 0.164. The van der Waals surface area contributed by atoms with E-state index in [9.17, 15) is 0 Å². The molecule has 0 atom stereocenters. The summed E-state index contributed by atoms with van der Waals surface area (Å²) in [7, 11) is 0. The Kier molecular flexibility index (Phi) is 13.3. The second-order valence-corrected chi connectivity index (χ2v) is 34.9. The number of hydrogen-bond donors (Lipinski definition) is 0. The summed E-state index contributed by atoms with van der Waals surface area (Å²) in [6.45, 7) is 48.8. The third kappa shape index (κ3) is 9.68. The minimum Gasteiger partial charge on any atom is -0.458 e. The molecule has 0 radical (unpaired) electrons. The van der Waals surface area contributed by atoms with Crippen molar-refractivity contribution >= 4 is 106 Å². The van der Waals surface area contributed by atoms with Gasteiger partial charge in [0.05, 0.1) is 50.2 Å². The van der Waals surface area contributed by atoms with E-state index in [-0.39, 0.29) is 44.6 Å². The summed E-state index contributed by atoms with van der Waals surface area (Å²) in [6, 6.07) is 71.6. The lowest BCUT2D eigenvalue weighted by molar-refractivity contribution is 0.486. The van der Waals surface area contributed by atoms with Crippen LogP contribution in [0.4, 0.5) is 17.1 Å². The first-order chi connectivity index (χ1) is 44.0. The SMILES string of the molecule is CC(C)(C)c1ccc(N2c3ccc(C(C)(C)C)cc3B3c4cc(C(C)(C)C)ccc4Oc4cc(-n5c6c(-n7c8ccc(C(C)(C)C)cc8c8cc(C(C)(C)C)ccc87)cccc6c6cccc(-n7c8ccc(C(C)(C)C)cc8c8cc(C(C)(C)C)ccc87)c65)cc2c43)cc1. The third-order valence-corrected chi connectivity index (χ3v) is 21.0. The molecule has 0 N–H and O–H groups in total. The van der Waals surface area contributed by atoms with Crippen molar-refractivity contribution in [2.75, 3.05) is 4.90 Å². The van der Waals surface area contributed by atoms with Crippen LogP contribution in [0.1, 0.15) is 184 Å². The maximum absolute atomic E-state index is 7.65. The van der Waals surface area contributed by atoms with Crippen LogP contribution < -0.4 is 26.0 Å². The zero-order valence-corrected chi connectivity index (χ0v) is 59.6. The lowest BCUT2D eigenvalue weighted by Gasteiger charge is -2.41. The maximum Gasteiger partial charge on any atom is 0.256 e. The molecule has 2 aliphatic rings. The minimum absolute atomic E-state index is 0.0291. The van der Waals surface area contributed by atoms with Crippen LogP contribution in [0.3, 0.4) is 0 Å². The third-order valence-electron chi connectivity index (χ3n) is 21.0. The Morgan fingerprint density at radius 1 is 0.266 bits per heavy atom. The number of ether oxygens (including phenoxy) is 1. The Morgan fingerprint density at radius 3 is 1.03 bits per heavy atom. The molecule has 0 aliphatic carbocycles. The molecule has 0 amide bonds. The van der Waals surface area contributed by atoms with Crippen molar-refractivity contribution in [2.24, 2.45) is 0 Å². The summed E-state index contributed by atoms with van der Waals surface area (Å²) < 4.78 is 15.4. The van der Waals surface area contributed by atoms with Gasteiger partial charge in [0.15, 0.2) is 0 Å². The summed E-state index contributed by atoms with van der Waals surface area (Å²) in [5, 5.41) is 7.39. The fourth-order valence-electron chi connectivity index (χ4n) is 15.3. The summed E-state index contributed by atoms with van der Waals surface area (Å²) in [4.78, 5) is 2.56. The van der Waals surface area contributed by atoms with Gasteiger partial charge in [-0.3, -0.25) is 0 Å². The molecule has 94 heavy (non-hydrogen) atoms. The van der Waals surface area contributed by atoms with E-state index in [4.69, 9.17) is 4.74 Å². The van der Waals surface area contributed by atoms with Gasteiger partial charge in [0.1, 0.15) is 11.5 Å². The zero-order chi connectivity index (χ0) is 66.6. The number of rotatable bonds is 4. The van der Waals surface area contributed by atoms with Crippen LogP contribution in [0.25, 0.3) is 82.5 Å². The van der Waals surface area contributed by atoms with Crippen LogP contribution in [-0.2, 0) is 37.9 Å². The van der Waals surface area contributed by atoms with E-state index in [0.29, 0.717) is 0 Å². The van der Waals surface area contributed by atoms with E-state index in [0.717, 1.165) is 51.0 Å². The van der Waals surface area contributed by atoms with Crippen LogP contribution in [-0.4, -0.2) is 20.4 Å². The number of aromatic nitrogens is 3. The first-order valence-electron chi connectivity index (χ1n) is 34.3. The predicted molar refractivity (Wildman–Crippen MR) is 406 cm³/mol. The molecule has 0 unspecified atom stereocenters. The van der Waals surface area contributed by atoms with E-state index >= 15 is 0 Å². The molecule has 0 bridgehead atoms. The van der Waals surface area contributed by atoms with Crippen LogP contribution in [0.5, 0.6) is 11.5 Å². The summed E-state index contributed by atoms with van der Waals surface area (Å²) in [5.74, 6) is 1.76. The van der Waals surface area contributed by atoms with Gasteiger partial charge < -0.3 is 23.3 Å². The van der Waals surface area contributed by atoms with E-state index in [2.05, 4.69) is 346 Å². The van der Waals surface area contributed by atoms with E-state index in [1.54, 1.807) is 0 Å². The number of hydrogen-bond acceptors (Lipinski definition) is 2. The van der Waals surface area contributed by atoms with Gasteiger partial charge in [0.25, 0.3) is 6.71 Å². The molecule has 5 heterocycles. The highest BCUT2D eigenvalue weighted by Gasteiger charge is 2.44. The molecule has 5 nitrogen and oxygen atoms in total. The smallest absolute Gasteiger partial charge is 0.256 e. The lowest BCUT2D eigenvalue weighted by atomic mass is 9.33. The number of nitrogens with zero attached hydrogens (tertiary/aromatic N) is 4. The van der Waals surface area contributed by atoms with Crippen LogP contribution in [0.2, 0.25) is 0 Å². The fraction of sp³-hybridized carbons (Fsp3) is 0.318. The Hall–Kier alpha value is -8.74. The highest BCUT2D eigenvalue weighted by molar-refractivity contribution is 6.99. The molecule has 0 fully saturated rings. The second kappa shape index (κ2) is 20.4. The lowest BCUT2D eigenvalue weighted by Crippen LogP contribution is -2.60. The number of benzene rings is 10. The van der Waals surface area contributed by atoms with Crippen molar-refractivity contribution in [1.29, 1.82) is 0 Å². The van der Waals surface area contributed by atoms with Gasteiger partial charge in [-0.1, -0.05) is 230 Å². The van der Waals surface area contributed by atoms with Gasteiger partial charge in [-0.2, -0.15) is 0 Å². The summed E-state index contributed by atoms with van der Waals surface area (Å²) >= 11 is 0. The van der Waals surface area contributed by atoms with Crippen molar-refractivity contribution < 1.29 is 4.74 Å². The minimum atomic E-state index is -0.112. The topological polar surface area (TPSA) is 27.3 Å². The molecule has 10 aromatic carbocycles. The maximum atomic E-state index is 7.65. The molecule has 15 rings (SSSR count). The molecule has 0 spiro atoms. The second-order valence-electron chi connectivity index (χ2n) is 34.9. The first kappa shape index (κ1) is 61.4. The van der Waals surface area contributed by atoms with Crippen molar-refractivity contribution in [3.8, 4) is 28.6 Å². The van der Waals surface area contributed by atoms with Crippen LogP contribution in [0, 0.1) is 0 Å². The number of fused-ring (bicyclic) bond motifs is 13. The number of para-hydroxylation sites is 2. The standard InChI is InChI=1S/C88H93BN4O/c1-82(2,3)52-28-36-59(37-29-52)90-73-42-34-57(87(16,17)18)48-67(73)89-68-49-58(88(19,20)21)35-43-77(68)94-78-51-60(50-76(90)79(78)89)91-80-61(24-22-26-74(80)92-69-38-30-53(83(4,5)6)44-63(69)64-45-54(84(7,8)9)31-39-70(64)92)62-25-23-27-75(81(62)91)93-71-40-32-55(85(10,11)12)46-65(71)66-47-56(86(13,14)15)33-41-72(66)93/h22-51H,1-21H3. The molecular formula is C88H93BN4O. The Morgan fingerprint density at radius 2 is 0.628 bits per heavy atom. The van der Waals surface area contributed by atoms with Crippen molar-refractivity contribution in [3.63, 3.8) is 0 Å². The molecule has 6 heteroatoms. The molecule has 474 valence electrons. The molecule has 13 aromatic rings. The van der Waals surface area contributed by atoms with Gasteiger partial charge in [-0.15, -0.1) is 0 Å². The van der Waals surface area contributed by atoms with Crippen LogP contribution >= 0.6 is 0 Å². The van der Waals surface area contributed by atoms with Crippen LogP contribution in [0.15, 0.2) is 182 Å². The summed E-state index contributed by atoms with van der Waals surface area (Å²) in [6.07, 6.45) is 0. The monoisotopic (exact) mass is 1230 g/mol. The van der Waals surface area contributed by atoms with Gasteiger partial charge in [-0.25, -0.2) is 0 Å². The molecule has 0 saturated carbocycles. The zero-order valence-electron chi connectivity index (χ0n) is 59.6. The molecule has 0 saturated heterocycles. The van der Waals surface area contributed by atoms with Crippen molar-refractivity contribution in [3.05, 3.63) is 221 Å². The highest BCUT2D eigenvalue weighted by atomic mass is 16.5. The van der Waals surface area contributed by atoms with Gasteiger partial charge >= 0.3 is 0 Å². The normalized spacial score (nSPS) is 14.1.